The highest BCUT2D eigenvalue weighted by molar-refractivity contribution is 5.71. The van der Waals surface area contributed by atoms with E-state index in [1.54, 1.807) is 0 Å². The van der Waals surface area contributed by atoms with Crippen molar-refractivity contribution in [3.8, 4) is 0 Å². The van der Waals surface area contributed by atoms with Gasteiger partial charge in [0.1, 0.15) is 24.9 Å². The lowest BCUT2D eigenvalue weighted by Crippen LogP contribution is -2.67. The Morgan fingerprint density at radius 3 is 2.37 bits per heavy atom. The molecule has 1 aliphatic carbocycles. The lowest BCUT2D eigenvalue weighted by Gasteiger charge is -2.48. The summed E-state index contributed by atoms with van der Waals surface area (Å²) in [7, 11) is 0. The van der Waals surface area contributed by atoms with Gasteiger partial charge in [0, 0.05) is 0 Å². The molecule has 0 unspecified atom stereocenters. The quantitative estimate of drug-likeness (QED) is 0.617. The molecule has 2 saturated heterocycles. The van der Waals surface area contributed by atoms with Crippen LogP contribution in [0.3, 0.4) is 0 Å². The predicted octanol–water partition coefficient (Wildman–Crippen LogP) is -0.148. The topological polar surface area (TPSA) is 90.2 Å². The molecule has 108 valence electrons. The fourth-order valence-corrected chi connectivity index (χ4v) is 3.83. The molecular weight excluding hydrogens is 250 g/mol. The first-order valence-electron chi connectivity index (χ1n) is 7.10. The minimum atomic E-state index is -1.21. The maximum atomic E-state index is 11.9. The molecule has 0 aromatic rings. The number of piperidine rings is 1. The average Bonchev–Trinajstić information content (AvgIpc) is 2.80. The zero-order valence-corrected chi connectivity index (χ0v) is 10.8. The van der Waals surface area contributed by atoms with E-state index >= 15 is 0 Å². The number of ether oxygens (including phenoxy) is 1. The van der Waals surface area contributed by atoms with E-state index in [1.807, 2.05) is 0 Å². The number of hydrogen-bond donors (Lipinski definition) is 3. The second kappa shape index (κ2) is 4.92. The SMILES string of the molecule is O=C1OC[C@@H]2[C@@H](O)[C@H](O)[C@@H](O)[C@H](C3CCCCC3)N12. The molecule has 3 fully saturated rings. The number of rotatable bonds is 1. The Morgan fingerprint density at radius 2 is 1.68 bits per heavy atom. The molecule has 3 N–H and O–H groups in total. The summed E-state index contributed by atoms with van der Waals surface area (Å²) in [6, 6.07) is -0.962. The van der Waals surface area contributed by atoms with E-state index in [4.69, 9.17) is 4.74 Å². The molecule has 0 spiro atoms. The zero-order valence-electron chi connectivity index (χ0n) is 10.8. The Hall–Kier alpha value is -0.850. The van der Waals surface area contributed by atoms with Gasteiger partial charge in [-0.05, 0) is 18.8 Å². The normalized spacial score (nSPS) is 44.1. The number of cyclic esters (lactones) is 1. The lowest BCUT2D eigenvalue weighted by molar-refractivity contribution is -0.154. The summed E-state index contributed by atoms with van der Waals surface area (Å²) in [5, 5.41) is 30.2. The van der Waals surface area contributed by atoms with Gasteiger partial charge in [-0.1, -0.05) is 19.3 Å². The van der Waals surface area contributed by atoms with Gasteiger partial charge < -0.3 is 20.1 Å². The molecular formula is C13H21NO5. The van der Waals surface area contributed by atoms with E-state index in [2.05, 4.69) is 0 Å². The Kier molecular flexibility index (Phi) is 3.41. The maximum Gasteiger partial charge on any atom is 0.410 e. The van der Waals surface area contributed by atoms with E-state index in [0.29, 0.717) is 0 Å². The molecule has 6 heteroatoms. The molecule has 0 radical (unpaired) electrons. The fraction of sp³-hybridized carbons (Fsp3) is 0.923. The highest BCUT2D eigenvalue weighted by atomic mass is 16.6. The molecule has 2 heterocycles. The number of amides is 1. The van der Waals surface area contributed by atoms with Crippen LogP contribution in [-0.4, -0.2) is 63.3 Å². The fourth-order valence-electron chi connectivity index (χ4n) is 3.83. The van der Waals surface area contributed by atoms with Crippen LogP contribution in [0.5, 0.6) is 0 Å². The number of nitrogens with zero attached hydrogens (tertiary/aromatic N) is 1. The van der Waals surface area contributed by atoms with Crippen LogP contribution in [0.2, 0.25) is 0 Å². The summed E-state index contributed by atoms with van der Waals surface area (Å²) in [6.45, 7) is 0.0903. The molecule has 0 bridgehead atoms. The highest BCUT2D eigenvalue weighted by Gasteiger charge is 2.55. The first kappa shape index (κ1) is 13.1. The van der Waals surface area contributed by atoms with Gasteiger partial charge in [0.2, 0.25) is 0 Å². The minimum absolute atomic E-state index is 0.0903. The van der Waals surface area contributed by atoms with Crippen molar-refractivity contribution in [2.24, 2.45) is 5.92 Å². The second-order valence-corrected chi connectivity index (χ2v) is 5.91. The highest BCUT2D eigenvalue weighted by Crippen LogP contribution is 2.38. The van der Waals surface area contributed by atoms with E-state index in [1.165, 1.54) is 11.3 Å². The van der Waals surface area contributed by atoms with Crippen LogP contribution in [0.25, 0.3) is 0 Å². The smallest absolute Gasteiger partial charge is 0.410 e. The molecule has 5 atom stereocenters. The van der Waals surface area contributed by atoms with Gasteiger partial charge in [0.25, 0.3) is 0 Å². The van der Waals surface area contributed by atoms with Gasteiger partial charge in [-0.15, -0.1) is 0 Å². The van der Waals surface area contributed by atoms with Gasteiger partial charge >= 0.3 is 6.09 Å². The van der Waals surface area contributed by atoms with Crippen molar-refractivity contribution < 1.29 is 24.9 Å². The molecule has 0 aromatic heterocycles. The Balaban J connectivity index is 1.88. The van der Waals surface area contributed by atoms with E-state index in [9.17, 15) is 20.1 Å². The van der Waals surface area contributed by atoms with Crippen LogP contribution in [0.4, 0.5) is 4.79 Å². The second-order valence-electron chi connectivity index (χ2n) is 5.91. The minimum Gasteiger partial charge on any atom is -0.447 e. The van der Waals surface area contributed by atoms with Crippen molar-refractivity contribution >= 4 is 6.09 Å². The molecule has 0 aromatic carbocycles. The monoisotopic (exact) mass is 271 g/mol. The molecule has 2 aliphatic heterocycles. The molecule has 3 rings (SSSR count). The van der Waals surface area contributed by atoms with E-state index in [-0.39, 0.29) is 12.5 Å². The third-order valence-corrected chi connectivity index (χ3v) is 4.84. The Morgan fingerprint density at radius 1 is 1.00 bits per heavy atom. The van der Waals surface area contributed by atoms with Crippen LogP contribution in [0, 0.1) is 5.92 Å². The zero-order chi connectivity index (χ0) is 13.6. The van der Waals surface area contributed by atoms with Crippen molar-refractivity contribution in [2.75, 3.05) is 6.61 Å². The van der Waals surface area contributed by atoms with Gasteiger partial charge in [0.15, 0.2) is 0 Å². The van der Waals surface area contributed by atoms with Gasteiger partial charge in [-0.25, -0.2) is 4.79 Å². The van der Waals surface area contributed by atoms with Gasteiger partial charge in [-0.3, -0.25) is 4.90 Å². The van der Waals surface area contributed by atoms with Crippen LogP contribution in [0.15, 0.2) is 0 Å². The predicted molar refractivity (Wildman–Crippen MR) is 65.4 cm³/mol. The number of aliphatic hydroxyl groups is 3. The summed E-state index contributed by atoms with van der Waals surface area (Å²) >= 11 is 0. The summed E-state index contributed by atoms with van der Waals surface area (Å²) in [6.07, 6.45) is 1.32. The van der Waals surface area contributed by atoms with Crippen LogP contribution >= 0.6 is 0 Å². The summed E-state index contributed by atoms with van der Waals surface area (Å²) < 4.78 is 4.99. The van der Waals surface area contributed by atoms with Gasteiger partial charge in [0.05, 0.1) is 12.1 Å². The number of carbonyl (C=O) groups excluding carboxylic acids is 1. The van der Waals surface area contributed by atoms with Crippen molar-refractivity contribution in [1.82, 2.24) is 4.90 Å². The Bertz CT molecular complexity index is 355. The van der Waals surface area contributed by atoms with Crippen LogP contribution < -0.4 is 0 Å². The maximum absolute atomic E-state index is 11.9. The molecule has 6 nitrogen and oxygen atoms in total. The largest absolute Gasteiger partial charge is 0.447 e. The average molecular weight is 271 g/mol. The first-order valence-corrected chi connectivity index (χ1v) is 7.10. The first-order chi connectivity index (χ1) is 9.11. The van der Waals surface area contributed by atoms with Crippen molar-refractivity contribution in [1.29, 1.82) is 0 Å². The van der Waals surface area contributed by atoms with Crippen molar-refractivity contribution in [2.45, 2.75) is 62.5 Å². The van der Waals surface area contributed by atoms with E-state index in [0.717, 1.165) is 25.7 Å². The molecule has 3 aliphatic rings. The standard InChI is InChI=1S/C13H21NO5/c15-10-8-6-19-13(18)14(8)9(11(16)12(10)17)7-4-2-1-3-5-7/h7-12,15-17H,1-6H2/t8-,9+,10-,11+,12+/m1/s1. The van der Waals surface area contributed by atoms with Crippen molar-refractivity contribution in [3.63, 3.8) is 0 Å². The molecule has 1 amide bonds. The number of hydrogen-bond acceptors (Lipinski definition) is 5. The third-order valence-electron chi connectivity index (χ3n) is 4.84. The van der Waals surface area contributed by atoms with Crippen molar-refractivity contribution in [3.05, 3.63) is 0 Å². The van der Waals surface area contributed by atoms with E-state index < -0.39 is 36.5 Å². The number of fused-ring (bicyclic) bond motifs is 1. The van der Waals surface area contributed by atoms with Crippen LogP contribution in [0.1, 0.15) is 32.1 Å². The Labute approximate surface area is 112 Å². The number of carbonyl (C=O) groups is 1. The lowest BCUT2D eigenvalue weighted by atomic mass is 9.76. The summed E-state index contributed by atoms with van der Waals surface area (Å²) in [5.74, 6) is 0.180. The third kappa shape index (κ3) is 2.02. The van der Waals surface area contributed by atoms with Gasteiger partial charge in [-0.2, -0.15) is 0 Å². The summed E-state index contributed by atoms with van der Waals surface area (Å²) in [5.41, 5.74) is 0. The molecule has 1 saturated carbocycles. The van der Waals surface area contributed by atoms with Crippen LogP contribution in [-0.2, 0) is 4.74 Å². The summed E-state index contributed by atoms with van der Waals surface area (Å²) in [4.78, 5) is 13.3. The number of aliphatic hydroxyl groups excluding tert-OH is 3. The molecule has 19 heavy (non-hydrogen) atoms.